The molecule has 7 heteroatoms. The van der Waals surface area contributed by atoms with Crippen molar-refractivity contribution in [3.63, 3.8) is 0 Å². The minimum atomic E-state index is -4.55. The number of anilines is 2. The molecule has 23 heavy (non-hydrogen) atoms. The molecule has 0 atom stereocenters. The summed E-state index contributed by atoms with van der Waals surface area (Å²) in [7, 11) is 1.54. The number of ether oxygens (including phenoxy) is 1. The number of rotatable bonds is 4. The van der Waals surface area contributed by atoms with Crippen LogP contribution in [0.2, 0.25) is 0 Å². The van der Waals surface area contributed by atoms with Crippen LogP contribution < -0.4 is 9.64 Å². The average Bonchev–Trinajstić information content (AvgIpc) is 2.45. The standard InChI is InChI=1S/C16H18F3N3O/c1-10(2)23-15-20-9-12(16(17,18)19)14(21-15)22(4)13-8-6-5-7-11(13)3/h5-10H,1-4H3. The molecule has 1 heterocycles. The number of para-hydroxylation sites is 1. The first-order valence-electron chi connectivity index (χ1n) is 7.10. The first kappa shape index (κ1) is 17.1. The molecule has 0 fully saturated rings. The molecule has 0 aliphatic carbocycles. The molecule has 1 aromatic heterocycles. The van der Waals surface area contributed by atoms with Crippen LogP contribution in [-0.4, -0.2) is 23.1 Å². The summed E-state index contributed by atoms with van der Waals surface area (Å²) in [5, 5.41) is 0. The zero-order chi connectivity index (χ0) is 17.2. The van der Waals surface area contributed by atoms with Crippen molar-refractivity contribution < 1.29 is 17.9 Å². The van der Waals surface area contributed by atoms with Gasteiger partial charge in [0.2, 0.25) is 0 Å². The van der Waals surface area contributed by atoms with E-state index < -0.39 is 11.7 Å². The maximum atomic E-state index is 13.3. The molecule has 4 nitrogen and oxygen atoms in total. The maximum absolute atomic E-state index is 13.3. The Morgan fingerprint density at radius 2 is 1.83 bits per heavy atom. The summed E-state index contributed by atoms with van der Waals surface area (Å²) >= 11 is 0. The zero-order valence-electron chi connectivity index (χ0n) is 13.3. The van der Waals surface area contributed by atoms with Gasteiger partial charge in [-0.1, -0.05) is 18.2 Å². The van der Waals surface area contributed by atoms with Gasteiger partial charge in [0.15, 0.2) is 5.82 Å². The van der Waals surface area contributed by atoms with Gasteiger partial charge in [0.1, 0.15) is 5.56 Å². The summed E-state index contributed by atoms with van der Waals surface area (Å²) in [4.78, 5) is 9.03. The van der Waals surface area contributed by atoms with E-state index in [-0.39, 0.29) is 17.9 Å². The van der Waals surface area contributed by atoms with Crippen molar-refractivity contribution in [2.45, 2.75) is 33.1 Å². The average molecular weight is 325 g/mol. The number of aryl methyl sites for hydroxylation is 1. The molecule has 0 aliphatic heterocycles. The van der Waals surface area contributed by atoms with Crippen molar-refractivity contribution in [1.29, 1.82) is 0 Å². The van der Waals surface area contributed by atoms with Crippen LogP contribution >= 0.6 is 0 Å². The predicted octanol–water partition coefficient (Wildman–Crippen LogP) is 4.36. The number of benzene rings is 1. The minimum Gasteiger partial charge on any atom is -0.461 e. The monoisotopic (exact) mass is 325 g/mol. The van der Waals surface area contributed by atoms with Crippen LogP contribution in [0.15, 0.2) is 30.5 Å². The van der Waals surface area contributed by atoms with Gasteiger partial charge in [-0.15, -0.1) is 0 Å². The highest BCUT2D eigenvalue weighted by atomic mass is 19.4. The Labute approximate surface area is 132 Å². The van der Waals surface area contributed by atoms with Gasteiger partial charge in [0.25, 0.3) is 0 Å². The predicted molar refractivity (Wildman–Crippen MR) is 82.0 cm³/mol. The molecule has 0 saturated carbocycles. The van der Waals surface area contributed by atoms with E-state index in [4.69, 9.17) is 4.74 Å². The second-order valence-corrected chi connectivity index (χ2v) is 5.40. The molecule has 0 amide bonds. The van der Waals surface area contributed by atoms with Gasteiger partial charge in [-0.25, -0.2) is 4.98 Å². The van der Waals surface area contributed by atoms with Gasteiger partial charge >= 0.3 is 12.2 Å². The van der Waals surface area contributed by atoms with Gasteiger partial charge in [-0.05, 0) is 32.4 Å². The highest BCUT2D eigenvalue weighted by Crippen LogP contribution is 2.38. The Bertz CT molecular complexity index is 687. The number of halogens is 3. The van der Waals surface area contributed by atoms with Crippen molar-refractivity contribution in [1.82, 2.24) is 9.97 Å². The Hall–Kier alpha value is -2.31. The Morgan fingerprint density at radius 1 is 1.17 bits per heavy atom. The van der Waals surface area contributed by atoms with E-state index >= 15 is 0 Å². The lowest BCUT2D eigenvalue weighted by Gasteiger charge is -2.24. The summed E-state index contributed by atoms with van der Waals surface area (Å²) in [6.45, 7) is 5.34. The van der Waals surface area contributed by atoms with E-state index in [1.54, 1.807) is 33.0 Å². The van der Waals surface area contributed by atoms with Gasteiger partial charge in [-0.3, -0.25) is 0 Å². The molecule has 0 unspecified atom stereocenters. The number of hydrogen-bond acceptors (Lipinski definition) is 4. The number of aromatic nitrogens is 2. The van der Waals surface area contributed by atoms with Crippen LogP contribution in [-0.2, 0) is 6.18 Å². The number of nitrogens with zero attached hydrogens (tertiary/aromatic N) is 3. The molecule has 0 N–H and O–H groups in total. The van der Waals surface area contributed by atoms with Crippen molar-refractivity contribution in [3.05, 3.63) is 41.6 Å². The maximum Gasteiger partial charge on any atom is 0.421 e. The van der Waals surface area contributed by atoms with Crippen LogP contribution in [0.1, 0.15) is 25.0 Å². The summed E-state index contributed by atoms with van der Waals surface area (Å²) in [5.74, 6) is -0.238. The van der Waals surface area contributed by atoms with E-state index in [9.17, 15) is 13.2 Å². The summed E-state index contributed by atoms with van der Waals surface area (Å²) in [5.41, 5.74) is 0.569. The third kappa shape index (κ3) is 3.91. The Balaban J connectivity index is 2.55. The van der Waals surface area contributed by atoms with Crippen LogP contribution in [0.5, 0.6) is 6.01 Å². The zero-order valence-corrected chi connectivity index (χ0v) is 13.3. The molecule has 0 radical (unpaired) electrons. The lowest BCUT2D eigenvalue weighted by molar-refractivity contribution is -0.137. The fourth-order valence-electron chi connectivity index (χ4n) is 2.13. The van der Waals surface area contributed by atoms with Crippen molar-refractivity contribution in [2.75, 3.05) is 11.9 Å². The topological polar surface area (TPSA) is 38.2 Å². The SMILES string of the molecule is Cc1ccccc1N(C)c1nc(OC(C)C)ncc1C(F)(F)F. The molecule has 2 rings (SSSR count). The van der Waals surface area contributed by atoms with E-state index in [0.717, 1.165) is 11.8 Å². The van der Waals surface area contributed by atoms with E-state index in [1.807, 2.05) is 19.1 Å². The van der Waals surface area contributed by atoms with Gasteiger partial charge in [0, 0.05) is 18.9 Å². The van der Waals surface area contributed by atoms with Crippen molar-refractivity contribution in [3.8, 4) is 6.01 Å². The summed E-state index contributed by atoms with van der Waals surface area (Å²) in [6.07, 6.45) is -4.03. The summed E-state index contributed by atoms with van der Waals surface area (Å²) in [6, 6.07) is 7.07. The first-order chi connectivity index (χ1) is 10.7. The highest BCUT2D eigenvalue weighted by molar-refractivity contribution is 5.65. The summed E-state index contributed by atoms with van der Waals surface area (Å²) < 4.78 is 45.1. The van der Waals surface area contributed by atoms with Crippen LogP contribution in [0.4, 0.5) is 24.7 Å². The quantitative estimate of drug-likeness (QED) is 0.837. The molecule has 124 valence electrons. The van der Waals surface area contributed by atoms with Crippen LogP contribution in [0.25, 0.3) is 0 Å². The Morgan fingerprint density at radius 3 is 2.39 bits per heavy atom. The van der Waals surface area contributed by atoms with Crippen molar-refractivity contribution >= 4 is 11.5 Å². The molecule has 0 aliphatic rings. The molecule has 0 spiro atoms. The molecule has 0 bridgehead atoms. The van der Waals surface area contributed by atoms with E-state index in [0.29, 0.717) is 5.69 Å². The fourth-order valence-corrected chi connectivity index (χ4v) is 2.13. The number of alkyl halides is 3. The van der Waals surface area contributed by atoms with Gasteiger partial charge < -0.3 is 9.64 Å². The fraction of sp³-hybridized carbons (Fsp3) is 0.375. The Kier molecular flexibility index (Phi) is 4.77. The van der Waals surface area contributed by atoms with E-state index in [2.05, 4.69) is 9.97 Å². The molecular weight excluding hydrogens is 307 g/mol. The van der Waals surface area contributed by atoms with Gasteiger partial charge in [0.05, 0.1) is 6.10 Å². The third-order valence-corrected chi connectivity index (χ3v) is 3.19. The van der Waals surface area contributed by atoms with Crippen molar-refractivity contribution in [2.24, 2.45) is 0 Å². The second kappa shape index (κ2) is 6.44. The third-order valence-electron chi connectivity index (χ3n) is 3.19. The smallest absolute Gasteiger partial charge is 0.421 e. The van der Waals surface area contributed by atoms with Gasteiger partial charge in [-0.2, -0.15) is 18.2 Å². The minimum absolute atomic E-state index is 0.0802. The van der Waals surface area contributed by atoms with Crippen LogP contribution in [0.3, 0.4) is 0 Å². The lowest BCUT2D eigenvalue weighted by Crippen LogP contribution is -2.20. The molecular formula is C16H18F3N3O. The molecule has 0 saturated heterocycles. The largest absolute Gasteiger partial charge is 0.461 e. The normalized spacial score (nSPS) is 11.7. The molecule has 2 aromatic rings. The van der Waals surface area contributed by atoms with E-state index in [1.165, 1.54) is 4.90 Å². The second-order valence-electron chi connectivity index (χ2n) is 5.40. The van der Waals surface area contributed by atoms with Crippen LogP contribution in [0, 0.1) is 6.92 Å². The molecule has 1 aromatic carbocycles. The highest BCUT2D eigenvalue weighted by Gasteiger charge is 2.37. The first-order valence-corrected chi connectivity index (χ1v) is 7.10. The number of hydrogen-bond donors (Lipinski definition) is 0. The lowest BCUT2D eigenvalue weighted by atomic mass is 10.1.